The molecule has 0 fully saturated rings. The summed E-state index contributed by atoms with van der Waals surface area (Å²) in [6, 6.07) is 9.35. The van der Waals surface area contributed by atoms with Crippen molar-refractivity contribution in [1.82, 2.24) is 9.97 Å². The molecular weight excluding hydrogens is 330 g/mol. The van der Waals surface area contributed by atoms with Gasteiger partial charge < -0.3 is 10.6 Å². The molecule has 0 bridgehead atoms. The summed E-state index contributed by atoms with van der Waals surface area (Å²) in [6.45, 7) is 2.10. The van der Waals surface area contributed by atoms with E-state index >= 15 is 0 Å². The number of benzene rings is 1. The number of anilines is 3. The van der Waals surface area contributed by atoms with Crippen LogP contribution in [0.2, 0.25) is 0 Å². The molecule has 0 saturated carbocycles. The zero-order valence-electron chi connectivity index (χ0n) is 11.9. The zero-order chi connectivity index (χ0) is 15.2. The van der Waals surface area contributed by atoms with Gasteiger partial charge in [0.25, 0.3) is 0 Å². The second-order valence-electron chi connectivity index (χ2n) is 4.49. The molecule has 1 aromatic heterocycles. The predicted octanol–water partition coefficient (Wildman–Crippen LogP) is 3.85. The first-order chi connectivity index (χ1) is 10.2. The summed E-state index contributed by atoms with van der Waals surface area (Å²) in [5, 5.41) is 15.2. The van der Waals surface area contributed by atoms with Gasteiger partial charge in [-0.15, -0.1) is 0 Å². The molecule has 0 unspecified atom stereocenters. The molecule has 1 heterocycles. The summed E-state index contributed by atoms with van der Waals surface area (Å²) in [4.78, 5) is 8.92. The SMILES string of the molecule is CCCc1nc(NC)cc(Nc2ccc(C#N)cc2Br)n1. The number of aromatic nitrogens is 2. The molecule has 6 heteroatoms. The number of hydrogen-bond donors (Lipinski definition) is 2. The predicted molar refractivity (Wildman–Crippen MR) is 87.7 cm³/mol. The quantitative estimate of drug-likeness (QED) is 0.860. The minimum absolute atomic E-state index is 0.609. The van der Waals surface area contributed by atoms with Crippen molar-refractivity contribution in [1.29, 1.82) is 5.26 Å². The molecular formula is C15H16BrN5. The molecule has 0 radical (unpaired) electrons. The van der Waals surface area contributed by atoms with Gasteiger partial charge in [0.2, 0.25) is 0 Å². The molecule has 0 saturated heterocycles. The Kier molecular flexibility index (Phi) is 5.12. The van der Waals surface area contributed by atoms with Crippen LogP contribution in [0.3, 0.4) is 0 Å². The molecule has 2 aromatic rings. The monoisotopic (exact) mass is 345 g/mol. The van der Waals surface area contributed by atoms with Crippen molar-refractivity contribution < 1.29 is 0 Å². The van der Waals surface area contributed by atoms with Crippen LogP contribution in [0.5, 0.6) is 0 Å². The van der Waals surface area contributed by atoms with E-state index in [2.05, 4.69) is 49.5 Å². The van der Waals surface area contributed by atoms with Crippen molar-refractivity contribution >= 4 is 33.3 Å². The largest absolute Gasteiger partial charge is 0.373 e. The zero-order valence-corrected chi connectivity index (χ0v) is 13.5. The summed E-state index contributed by atoms with van der Waals surface area (Å²) in [5.41, 5.74) is 1.47. The fraction of sp³-hybridized carbons (Fsp3) is 0.267. The van der Waals surface area contributed by atoms with Gasteiger partial charge in [-0.1, -0.05) is 6.92 Å². The van der Waals surface area contributed by atoms with Gasteiger partial charge >= 0.3 is 0 Å². The van der Waals surface area contributed by atoms with Gasteiger partial charge in [0, 0.05) is 24.0 Å². The molecule has 2 rings (SSSR count). The first-order valence-electron chi connectivity index (χ1n) is 6.68. The number of nitriles is 1. The molecule has 0 aliphatic heterocycles. The Hall–Kier alpha value is -2.13. The van der Waals surface area contributed by atoms with Crippen LogP contribution >= 0.6 is 15.9 Å². The van der Waals surface area contributed by atoms with E-state index in [9.17, 15) is 0 Å². The maximum absolute atomic E-state index is 8.89. The molecule has 0 aliphatic rings. The van der Waals surface area contributed by atoms with Crippen molar-refractivity contribution in [3.63, 3.8) is 0 Å². The van der Waals surface area contributed by atoms with Crippen molar-refractivity contribution in [2.75, 3.05) is 17.7 Å². The van der Waals surface area contributed by atoms with Crippen LogP contribution in [0.1, 0.15) is 24.7 Å². The van der Waals surface area contributed by atoms with Crippen LogP contribution in [0.25, 0.3) is 0 Å². The van der Waals surface area contributed by atoms with Gasteiger partial charge in [-0.05, 0) is 40.5 Å². The van der Waals surface area contributed by atoms with Crippen molar-refractivity contribution in [3.8, 4) is 6.07 Å². The van der Waals surface area contributed by atoms with E-state index in [0.29, 0.717) is 5.56 Å². The maximum atomic E-state index is 8.89. The molecule has 5 nitrogen and oxygen atoms in total. The summed E-state index contributed by atoms with van der Waals surface area (Å²) in [5.74, 6) is 2.31. The molecule has 0 aliphatic carbocycles. The topological polar surface area (TPSA) is 73.6 Å². The number of nitrogens with one attached hydrogen (secondary N) is 2. The van der Waals surface area contributed by atoms with E-state index in [1.165, 1.54) is 0 Å². The number of nitrogens with zero attached hydrogens (tertiary/aromatic N) is 3. The van der Waals surface area contributed by atoms with E-state index in [4.69, 9.17) is 5.26 Å². The summed E-state index contributed by atoms with van der Waals surface area (Å²) in [6.07, 6.45) is 1.83. The van der Waals surface area contributed by atoms with Crippen molar-refractivity contribution in [3.05, 3.63) is 40.1 Å². The van der Waals surface area contributed by atoms with E-state index in [-0.39, 0.29) is 0 Å². The Morgan fingerprint density at radius 1 is 1.24 bits per heavy atom. The third kappa shape index (κ3) is 3.92. The lowest BCUT2D eigenvalue weighted by molar-refractivity contribution is 0.838. The van der Waals surface area contributed by atoms with Crippen LogP contribution in [0.4, 0.5) is 17.3 Å². The van der Waals surface area contributed by atoms with Gasteiger partial charge in [-0.3, -0.25) is 0 Å². The number of aryl methyl sites for hydroxylation is 1. The molecule has 21 heavy (non-hydrogen) atoms. The summed E-state index contributed by atoms with van der Waals surface area (Å²) >= 11 is 3.46. The van der Waals surface area contributed by atoms with Crippen LogP contribution in [-0.2, 0) is 6.42 Å². The Labute approximate surface area is 132 Å². The van der Waals surface area contributed by atoms with Gasteiger partial charge in [-0.25, -0.2) is 9.97 Å². The Balaban J connectivity index is 2.30. The number of hydrogen-bond acceptors (Lipinski definition) is 5. The standard InChI is InChI=1S/C15H16BrN5/c1-3-4-13-20-14(18-2)8-15(21-13)19-12-6-5-10(9-17)7-11(12)16/h5-8H,3-4H2,1-2H3,(H2,18,19,20,21). The smallest absolute Gasteiger partial charge is 0.136 e. The van der Waals surface area contributed by atoms with Crippen LogP contribution < -0.4 is 10.6 Å². The second-order valence-corrected chi connectivity index (χ2v) is 5.34. The average molecular weight is 346 g/mol. The highest BCUT2D eigenvalue weighted by molar-refractivity contribution is 9.10. The first-order valence-corrected chi connectivity index (χ1v) is 7.48. The van der Waals surface area contributed by atoms with E-state index in [0.717, 1.165) is 40.5 Å². The van der Waals surface area contributed by atoms with Gasteiger partial charge in [-0.2, -0.15) is 5.26 Å². The minimum atomic E-state index is 0.609. The third-order valence-corrected chi connectivity index (χ3v) is 3.52. The van der Waals surface area contributed by atoms with Gasteiger partial charge in [0.15, 0.2) is 0 Å². The molecule has 0 atom stereocenters. The van der Waals surface area contributed by atoms with Crippen LogP contribution in [0.15, 0.2) is 28.7 Å². The van der Waals surface area contributed by atoms with Crippen molar-refractivity contribution in [2.24, 2.45) is 0 Å². The second kappa shape index (κ2) is 7.04. The van der Waals surface area contributed by atoms with E-state index < -0.39 is 0 Å². The van der Waals surface area contributed by atoms with E-state index in [1.54, 1.807) is 12.1 Å². The molecule has 1 aromatic carbocycles. The summed E-state index contributed by atoms with van der Waals surface area (Å²) < 4.78 is 0.822. The molecule has 108 valence electrons. The third-order valence-electron chi connectivity index (χ3n) is 2.86. The number of halogens is 1. The maximum Gasteiger partial charge on any atom is 0.136 e. The minimum Gasteiger partial charge on any atom is -0.373 e. The van der Waals surface area contributed by atoms with Gasteiger partial charge in [0.05, 0.1) is 17.3 Å². The van der Waals surface area contributed by atoms with E-state index in [1.807, 2.05) is 19.2 Å². The normalized spacial score (nSPS) is 10.0. The van der Waals surface area contributed by atoms with Crippen LogP contribution in [-0.4, -0.2) is 17.0 Å². The van der Waals surface area contributed by atoms with Gasteiger partial charge in [0.1, 0.15) is 17.5 Å². The molecule has 2 N–H and O–H groups in total. The Morgan fingerprint density at radius 3 is 2.62 bits per heavy atom. The Morgan fingerprint density at radius 2 is 2.00 bits per heavy atom. The highest BCUT2D eigenvalue weighted by atomic mass is 79.9. The molecule has 0 amide bonds. The first kappa shape index (κ1) is 15.3. The lowest BCUT2D eigenvalue weighted by Gasteiger charge is -2.11. The van der Waals surface area contributed by atoms with Crippen molar-refractivity contribution in [2.45, 2.75) is 19.8 Å². The lowest BCUT2D eigenvalue weighted by atomic mass is 10.2. The fourth-order valence-corrected chi connectivity index (χ4v) is 2.33. The highest BCUT2D eigenvalue weighted by Crippen LogP contribution is 2.26. The summed E-state index contributed by atoms with van der Waals surface area (Å²) in [7, 11) is 1.83. The van der Waals surface area contributed by atoms with Crippen LogP contribution in [0, 0.1) is 11.3 Å². The number of rotatable bonds is 5. The highest BCUT2D eigenvalue weighted by Gasteiger charge is 2.06. The average Bonchev–Trinajstić information content (AvgIpc) is 2.49. The fourth-order valence-electron chi connectivity index (χ4n) is 1.85. The Bertz CT molecular complexity index is 678. The molecule has 0 spiro atoms. The lowest BCUT2D eigenvalue weighted by Crippen LogP contribution is -2.04.